The van der Waals surface area contributed by atoms with Crippen molar-refractivity contribution < 1.29 is 14.6 Å². The number of Topliss-reactive ketones (excluding diaryl/α,β-unsaturated/α-hetero) is 1. The number of ketones is 1. The highest BCUT2D eigenvalue weighted by Gasteiger charge is 2.38. The van der Waals surface area contributed by atoms with E-state index in [0.717, 1.165) is 71.6 Å². The van der Waals surface area contributed by atoms with E-state index in [1.54, 1.807) is 18.4 Å². The van der Waals surface area contributed by atoms with Crippen LogP contribution in [0, 0.1) is 12.8 Å². The standard InChI is InChI=1S/C31H41N7O3S/c1-18(17-41-5)34-30-32-15-27-24(13-26(38(27)36-30)20-6-9-23(39)10-7-20)22-14-33-37(16-22)31(3,4)29(40)21-8-11-28-25(12-21)35-19(2)42-28/h13-16,18,20-21,23,39H,6-12,17H2,1-5H3,(H,34,36)/t18-,20-,21?,23-/m0/s1. The van der Waals surface area contributed by atoms with Crippen LogP contribution in [0.5, 0.6) is 0 Å². The van der Waals surface area contributed by atoms with Gasteiger partial charge in [-0.1, -0.05) is 0 Å². The molecule has 0 saturated heterocycles. The molecule has 0 spiro atoms. The maximum Gasteiger partial charge on any atom is 0.241 e. The van der Waals surface area contributed by atoms with E-state index in [2.05, 4.69) is 16.4 Å². The van der Waals surface area contributed by atoms with Gasteiger partial charge < -0.3 is 15.2 Å². The fourth-order valence-corrected chi connectivity index (χ4v) is 7.58. The van der Waals surface area contributed by atoms with Crippen LogP contribution in [0.3, 0.4) is 0 Å². The van der Waals surface area contributed by atoms with Gasteiger partial charge in [-0.15, -0.1) is 16.4 Å². The fraction of sp³-hybridized carbons (Fsp3) is 0.581. The molecule has 224 valence electrons. The molecule has 4 aromatic rings. The number of hydrogen-bond acceptors (Lipinski definition) is 9. The summed E-state index contributed by atoms with van der Waals surface area (Å²) in [4.78, 5) is 24.5. The van der Waals surface area contributed by atoms with Gasteiger partial charge in [0, 0.05) is 59.3 Å². The second kappa shape index (κ2) is 11.5. The molecule has 0 aliphatic heterocycles. The SMILES string of the molecule is COC[C@H](C)Nc1ncc2c(-c3cnn(C(C)(C)C(=O)C4CCc5sc(C)nc5C4)c3)cc([C@H]3CC[C@H](O)CC3)n2n1. The minimum absolute atomic E-state index is 0.0593. The first kappa shape index (κ1) is 28.9. The number of aryl methyl sites for hydroxylation is 2. The van der Waals surface area contributed by atoms with Crippen LogP contribution in [-0.2, 0) is 27.9 Å². The zero-order chi connectivity index (χ0) is 29.6. The van der Waals surface area contributed by atoms with Crippen LogP contribution in [0.2, 0.25) is 0 Å². The van der Waals surface area contributed by atoms with Gasteiger partial charge in [-0.3, -0.25) is 9.48 Å². The Morgan fingerprint density at radius 2 is 2.02 bits per heavy atom. The summed E-state index contributed by atoms with van der Waals surface area (Å²) in [5.74, 6) is 0.956. The number of aliphatic hydroxyl groups is 1. The van der Waals surface area contributed by atoms with Crippen LogP contribution in [-0.4, -0.2) is 66.1 Å². The highest BCUT2D eigenvalue weighted by molar-refractivity contribution is 7.11. The Morgan fingerprint density at radius 3 is 2.79 bits per heavy atom. The van der Waals surface area contributed by atoms with Gasteiger partial charge >= 0.3 is 0 Å². The minimum atomic E-state index is -0.797. The van der Waals surface area contributed by atoms with E-state index >= 15 is 0 Å². The first-order valence-corrected chi connectivity index (χ1v) is 15.8. The molecule has 2 N–H and O–H groups in total. The summed E-state index contributed by atoms with van der Waals surface area (Å²) < 4.78 is 9.08. The topological polar surface area (TPSA) is 119 Å². The van der Waals surface area contributed by atoms with E-state index in [-0.39, 0.29) is 29.8 Å². The van der Waals surface area contributed by atoms with Crippen molar-refractivity contribution in [1.29, 1.82) is 0 Å². The highest BCUT2D eigenvalue weighted by Crippen LogP contribution is 2.39. The number of rotatable bonds is 9. The van der Waals surface area contributed by atoms with Crippen molar-refractivity contribution in [3.63, 3.8) is 0 Å². The molecule has 4 heterocycles. The second-order valence-electron chi connectivity index (χ2n) is 12.5. The third-order valence-electron chi connectivity index (χ3n) is 8.94. The molecule has 0 amide bonds. The fourth-order valence-electron chi connectivity index (χ4n) is 6.60. The van der Waals surface area contributed by atoms with E-state index in [4.69, 9.17) is 19.9 Å². The van der Waals surface area contributed by atoms with Crippen LogP contribution < -0.4 is 5.32 Å². The summed E-state index contributed by atoms with van der Waals surface area (Å²) in [7, 11) is 1.68. The third-order valence-corrected chi connectivity index (χ3v) is 10.0. The lowest BCUT2D eigenvalue weighted by molar-refractivity contribution is -0.131. The largest absolute Gasteiger partial charge is 0.393 e. The van der Waals surface area contributed by atoms with E-state index < -0.39 is 5.54 Å². The average Bonchev–Trinajstić information content (AvgIpc) is 3.69. The molecule has 2 atom stereocenters. The molecule has 10 nitrogen and oxygen atoms in total. The van der Waals surface area contributed by atoms with Crippen molar-refractivity contribution >= 4 is 28.6 Å². The van der Waals surface area contributed by atoms with Gasteiger partial charge in [-0.05, 0) is 72.3 Å². The minimum Gasteiger partial charge on any atom is -0.393 e. The summed E-state index contributed by atoms with van der Waals surface area (Å²) in [5.41, 5.74) is 4.21. The number of fused-ring (bicyclic) bond motifs is 2. The molecule has 1 unspecified atom stereocenters. The summed E-state index contributed by atoms with van der Waals surface area (Å²) in [6, 6.07) is 2.25. The van der Waals surface area contributed by atoms with Crippen LogP contribution >= 0.6 is 11.3 Å². The number of carbonyl (C=O) groups is 1. The number of hydrogen-bond donors (Lipinski definition) is 2. The predicted octanol–water partition coefficient (Wildman–Crippen LogP) is 4.93. The summed E-state index contributed by atoms with van der Waals surface area (Å²) in [6.45, 7) is 8.54. The normalized spacial score (nSPS) is 21.8. The molecule has 2 aliphatic carbocycles. The molecular weight excluding hydrogens is 550 g/mol. The lowest BCUT2D eigenvalue weighted by Crippen LogP contribution is -2.42. The Kier molecular flexibility index (Phi) is 7.93. The van der Waals surface area contributed by atoms with Crippen LogP contribution in [0.25, 0.3) is 16.6 Å². The first-order chi connectivity index (χ1) is 20.1. The summed E-state index contributed by atoms with van der Waals surface area (Å²) >= 11 is 1.75. The van der Waals surface area contributed by atoms with Crippen molar-refractivity contribution in [2.45, 2.75) is 96.2 Å². The zero-order valence-corrected chi connectivity index (χ0v) is 25.9. The quantitative estimate of drug-likeness (QED) is 0.281. The van der Waals surface area contributed by atoms with Crippen molar-refractivity contribution in [1.82, 2.24) is 29.4 Å². The van der Waals surface area contributed by atoms with E-state index in [1.165, 1.54) is 4.88 Å². The Hall–Kier alpha value is -3.15. The van der Waals surface area contributed by atoms with Gasteiger partial charge in [0.2, 0.25) is 5.95 Å². The number of ether oxygens (including phenoxy) is 1. The van der Waals surface area contributed by atoms with Crippen molar-refractivity contribution in [3.8, 4) is 11.1 Å². The number of aliphatic hydroxyl groups excluding tert-OH is 1. The van der Waals surface area contributed by atoms with Crippen LogP contribution in [0.1, 0.15) is 80.1 Å². The maximum atomic E-state index is 13.9. The van der Waals surface area contributed by atoms with Crippen LogP contribution in [0.4, 0.5) is 5.95 Å². The van der Waals surface area contributed by atoms with E-state index in [1.807, 2.05) is 55.5 Å². The number of carbonyl (C=O) groups excluding carboxylic acids is 1. The molecule has 42 heavy (non-hydrogen) atoms. The lowest BCUT2D eigenvalue weighted by atomic mass is 9.80. The van der Waals surface area contributed by atoms with Gasteiger partial charge in [-0.25, -0.2) is 14.5 Å². The number of nitrogens with zero attached hydrogens (tertiary/aromatic N) is 6. The molecule has 0 radical (unpaired) electrons. The van der Waals surface area contributed by atoms with Gasteiger partial charge in [0.25, 0.3) is 0 Å². The Morgan fingerprint density at radius 1 is 1.24 bits per heavy atom. The van der Waals surface area contributed by atoms with E-state index in [9.17, 15) is 9.90 Å². The van der Waals surface area contributed by atoms with Crippen molar-refractivity contribution in [2.75, 3.05) is 19.0 Å². The Bertz CT molecular complexity index is 1580. The number of nitrogens with one attached hydrogen (secondary N) is 1. The monoisotopic (exact) mass is 591 g/mol. The molecule has 1 saturated carbocycles. The molecule has 0 aromatic carbocycles. The van der Waals surface area contributed by atoms with Crippen LogP contribution in [0.15, 0.2) is 24.7 Å². The molecule has 0 bridgehead atoms. The molecular formula is C31H41N7O3S. The predicted molar refractivity (Wildman–Crippen MR) is 163 cm³/mol. The summed E-state index contributed by atoms with van der Waals surface area (Å²) in [5, 5.41) is 24.1. The first-order valence-electron chi connectivity index (χ1n) is 15.0. The number of methoxy groups -OCH3 is 1. The molecule has 6 rings (SSSR count). The molecule has 2 aliphatic rings. The maximum absolute atomic E-state index is 13.9. The smallest absolute Gasteiger partial charge is 0.241 e. The average molecular weight is 592 g/mol. The lowest BCUT2D eigenvalue weighted by Gasteiger charge is -2.30. The van der Waals surface area contributed by atoms with Gasteiger partial charge in [0.05, 0.1) is 41.3 Å². The Labute approximate surface area is 250 Å². The van der Waals surface area contributed by atoms with E-state index in [0.29, 0.717) is 19.0 Å². The van der Waals surface area contributed by atoms with Gasteiger partial charge in [-0.2, -0.15) is 5.10 Å². The third kappa shape index (κ3) is 5.49. The number of anilines is 1. The van der Waals surface area contributed by atoms with Crippen molar-refractivity contribution in [2.24, 2.45) is 5.92 Å². The summed E-state index contributed by atoms with van der Waals surface area (Å²) in [6.07, 6.45) is 11.3. The number of thiazole rings is 1. The Balaban J connectivity index is 1.31. The highest BCUT2D eigenvalue weighted by atomic mass is 32.1. The number of aromatic nitrogens is 6. The van der Waals surface area contributed by atoms with Gasteiger partial charge in [0.1, 0.15) is 5.54 Å². The van der Waals surface area contributed by atoms with Gasteiger partial charge in [0.15, 0.2) is 5.78 Å². The van der Waals surface area contributed by atoms with Crippen molar-refractivity contribution in [3.05, 3.63) is 45.9 Å². The zero-order valence-electron chi connectivity index (χ0n) is 25.1. The molecule has 4 aromatic heterocycles. The molecule has 11 heteroatoms. The second-order valence-corrected chi connectivity index (χ2v) is 13.8. The molecule has 1 fully saturated rings.